The minimum Gasteiger partial charge on any atom is -0.454 e. The number of carbonyl (C=O) groups is 1. The molecule has 0 bridgehead atoms. The predicted molar refractivity (Wildman–Crippen MR) is 88.9 cm³/mol. The molecule has 1 saturated carbocycles. The van der Waals surface area contributed by atoms with Gasteiger partial charge in [-0.25, -0.2) is 0 Å². The number of hydrogen-bond donors (Lipinski definition) is 1. The van der Waals surface area contributed by atoms with Crippen LogP contribution in [0.1, 0.15) is 37.7 Å². The number of aliphatic hydroxyl groups is 1. The summed E-state index contributed by atoms with van der Waals surface area (Å²) in [6.45, 7) is 1.94. The maximum absolute atomic E-state index is 12.7. The van der Waals surface area contributed by atoms with Gasteiger partial charge in [0.2, 0.25) is 12.7 Å². The van der Waals surface area contributed by atoms with Gasteiger partial charge in [-0.05, 0) is 42.9 Å². The molecule has 2 fully saturated rings. The lowest BCUT2D eigenvalue weighted by molar-refractivity contribution is -0.135. The zero-order valence-corrected chi connectivity index (χ0v) is 14.0. The van der Waals surface area contributed by atoms with E-state index in [9.17, 15) is 9.90 Å². The van der Waals surface area contributed by atoms with Gasteiger partial charge in [0.15, 0.2) is 11.5 Å². The number of piperidine rings is 1. The van der Waals surface area contributed by atoms with Gasteiger partial charge in [-0.2, -0.15) is 0 Å². The van der Waals surface area contributed by atoms with Crippen LogP contribution >= 0.6 is 0 Å². The molecule has 5 heteroatoms. The lowest BCUT2D eigenvalue weighted by Gasteiger charge is -2.42. The maximum Gasteiger partial charge on any atom is 0.231 e. The van der Waals surface area contributed by atoms with Crippen LogP contribution < -0.4 is 9.47 Å². The van der Waals surface area contributed by atoms with Crippen molar-refractivity contribution in [2.45, 2.75) is 38.5 Å². The molecule has 1 aromatic rings. The number of rotatable bonds is 5. The van der Waals surface area contributed by atoms with Gasteiger partial charge in [0.1, 0.15) is 0 Å². The molecule has 130 valence electrons. The van der Waals surface area contributed by atoms with E-state index < -0.39 is 0 Å². The molecule has 2 aliphatic heterocycles. The molecular formula is C19H25NO4. The summed E-state index contributed by atoms with van der Waals surface area (Å²) < 4.78 is 10.7. The summed E-state index contributed by atoms with van der Waals surface area (Å²) in [6, 6.07) is 5.69. The Bertz CT molecular complexity index is 628. The second-order valence-electron chi connectivity index (χ2n) is 7.59. The summed E-state index contributed by atoms with van der Waals surface area (Å²) in [5.74, 6) is 2.37. The molecule has 0 unspecified atom stereocenters. The Morgan fingerprint density at radius 1 is 1.29 bits per heavy atom. The quantitative estimate of drug-likeness (QED) is 0.900. The third kappa shape index (κ3) is 3.22. The topological polar surface area (TPSA) is 59.0 Å². The van der Waals surface area contributed by atoms with E-state index in [0.717, 1.165) is 48.8 Å². The fraction of sp³-hybridized carbons (Fsp3) is 0.632. The first kappa shape index (κ1) is 15.8. The van der Waals surface area contributed by atoms with Crippen molar-refractivity contribution in [2.75, 3.05) is 26.5 Å². The van der Waals surface area contributed by atoms with Crippen LogP contribution in [0, 0.1) is 11.3 Å². The Balaban J connectivity index is 1.41. The van der Waals surface area contributed by atoms with Crippen LogP contribution in [-0.2, 0) is 11.2 Å². The van der Waals surface area contributed by atoms with Gasteiger partial charge in [0.05, 0.1) is 13.0 Å². The second-order valence-corrected chi connectivity index (χ2v) is 7.59. The molecule has 0 radical (unpaired) electrons. The van der Waals surface area contributed by atoms with Gasteiger partial charge in [-0.15, -0.1) is 0 Å². The Morgan fingerprint density at radius 3 is 2.92 bits per heavy atom. The molecule has 24 heavy (non-hydrogen) atoms. The number of fused-ring (bicyclic) bond motifs is 1. The number of nitrogens with zero attached hydrogens (tertiary/aromatic N) is 1. The summed E-state index contributed by atoms with van der Waals surface area (Å²) >= 11 is 0. The largest absolute Gasteiger partial charge is 0.454 e. The van der Waals surface area contributed by atoms with Crippen molar-refractivity contribution in [2.24, 2.45) is 11.3 Å². The van der Waals surface area contributed by atoms with Crippen LogP contribution in [0.4, 0.5) is 0 Å². The van der Waals surface area contributed by atoms with Crippen LogP contribution in [0.5, 0.6) is 11.5 Å². The highest BCUT2D eigenvalue weighted by Crippen LogP contribution is 2.44. The molecule has 5 nitrogen and oxygen atoms in total. The number of benzene rings is 1. The lowest BCUT2D eigenvalue weighted by Crippen LogP contribution is -2.48. The van der Waals surface area contributed by atoms with Crippen molar-refractivity contribution in [1.29, 1.82) is 0 Å². The van der Waals surface area contributed by atoms with Crippen LogP contribution in [0.2, 0.25) is 0 Å². The molecule has 0 aromatic heterocycles. The number of hydrogen-bond acceptors (Lipinski definition) is 4. The number of carbonyl (C=O) groups excluding carboxylic acids is 1. The van der Waals surface area contributed by atoms with Crippen molar-refractivity contribution in [1.82, 2.24) is 4.90 Å². The van der Waals surface area contributed by atoms with Crippen LogP contribution in [0.3, 0.4) is 0 Å². The van der Waals surface area contributed by atoms with Gasteiger partial charge in [-0.3, -0.25) is 4.79 Å². The van der Waals surface area contributed by atoms with E-state index in [2.05, 4.69) is 0 Å². The average molecular weight is 331 g/mol. The highest BCUT2D eigenvalue weighted by molar-refractivity contribution is 5.79. The minimum absolute atomic E-state index is 0.0794. The Morgan fingerprint density at radius 2 is 2.12 bits per heavy atom. The van der Waals surface area contributed by atoms with E-state index in [0.29, 0.717) is 13.0 Å². The van der Waals surface area contributed by atoms with Crippen molar-refractivity contribution in [3.8, 4) is 11.5 Å². The Hall–Kier alpha value is -1.75. The molecule has 1 amide bonds. The van der Waals surface area contributed by atoms with E-state index >= 15 is 0 Å². The summed E-state index contributed by atoms with van der Waals surface area (Å²) in [7, 11) is 0. The molecule has 1 aromatic carbocycles. The molecule has 0 spiro atoms. The highest BCUT2D eigenvalue weighted by Gasteiger charge is 2.40. The van der Waals surface area contributed by atoms with Crippen LogP contribution in [0.15, 0.2) is 18.2 Å². The summed E-state index contributed by atoms with van der Waals surface area (Å²) in [5.41, 5.74) is 0.871. The summed E-state index contributed by atoms with van der Waals surface area (Å²) in [4.78, 5) is 14.7. The standard InChI is InChI=1S/C19H25NO4/c21-12-19(10-14-2-3-14)6-1-7-20(11-19)18(22)9-15-4-5-16-17(8-15)24-13-23-16/h4-5,8,14,21H,1-3,6-7,9-13H2/t19-/m1/s1. The Kier molecular flexibility index (Phi) is 4.12. The molecule has 1 saturated heterocycles. The normalized spacial score (nSPS) is 25.8. The molecule has 1 N–H and O–H groups in total. The third-order valence-electron chi connectivity index (χ3n) is 5.56. The molecule has 2 heterocycles. The predicted octanol–water partition coefficient (Wildman–Crippen LogP) is 2.36. The number of amides is 1. The zero-order valence-electron chi connectivity index (χ0n) is 14.0. The number of likely N-dealkylation sites (tertiary alicyclic amines) is 1. The van der Waals surface area contributed by atoms with Crippen molar-refractivity contribution < 1.29 is 19.4 Å². The average Bonchev–Trinajstić information content (AvgIpc) is 3.28. The highest BCUT2D eigenvalue weighted by atomic mass is 16.7. The molecule has 1 atom stereocenters. The minimum atomic E-state index is -0.0794. The smallest absolute Gasteiger partial charge is 0.231 e. The first-order chi connectivity index (χ1) is 11.7. The van der Waals surface area contributed by atoms with Crippen LogP contribution in [0.25, 0.3) is 0 Å². The van der Waals surface area contributed by atoms with Crippen molar-refractivity contribution in [3.05, 3.63) is 23.8 Å². The van der Waals surface area contributed by atoms with Crippen molar-refractivity contribution in [3.63, 3.8) is 0 Å². The fourth-order valence-electron chi connectivity index (χ4n) is 4.05. The zero-order chi connectivity index (χ0) is 16.6. The van der Waals surface area contributed by atoms with E-state index in [1.807, 2.05) is 23.1 Å². The third-order valence-corrected chi connectivity index (χ3v) is 5.56. The van der Waals surface area contributed by atoms with Gasteiger partial charge in [0.25, 0.3) is 0 Å². The van der Waals surface area contributed by atoms with Gasteiger partial charge < -0.3 is 19.5 Å². The van der Waals surface area contributed by atoms with Crippen LogP contribution in [-0.4, -0.2) is 42.4 Å². The lowest BCUT2D eigenvalue weighted by atomic mass is 9.76. The van der Waals surface area contributed by atoms with E-state index in [1.165, 1.54) is 12.8 Å². The van der Waals surface area contributed by atoms with E-state index in [-0.39, 0.29) is 24.7 Å². The Labute approximate surface area is 142 Å². The van der Waals surface area contributed by atoms with Gasteiger partial charge in [-0.1, -0.05) is 18.9 Å². The van der Waals surface area contributed by atoms with Gasteiger partial charge >= 0.3 is 0 Å². The molecule has 1 aliphatic carbocycles. The maximum atomic E-state index is 12.7. The van der Waals surface area contributed by atoms with Gasteiger partial charge in [0, 0.05) is 18.5 Å². The van der Waals surface area contributed by atoms with Crippen molar-refractivity contribution >= 4 is 5.91 Å². The fourth-order valence-corrected chi connectivity index (χ4v) is 4.05. The SMILES string of the molecule is O=C(Cc1ccc2c(c1)OCO2)N1CCC[C@@](CO)(CC2CC2)C1. The monoisotopic (exact) mass is 331 g/mol. The first-order valence-corrected chi connectivity index (χ1v) is 8.95. The molecular weight excluding hydrogens is 306 g/mol. The number of aliphatic hydroxyl groups excluding tert-OH is 1. The second kappa shape index (κ2) is 6.28. The van der Waals surface area contributed by atoms with E-state index in [4.69, 9.17) is 9.47 Å². The molecule has 3 aliphatic rings. The number of ether oxygens (including phenoxy) is 2. The summed E-state index contributed by atoms with van der Waals surface area (Å²) in [5, 5.41) is 9.94. The summed E-state index contributed by atoms with van der Waals surface area (Å²) in [6.07, 6.45) is 6.03. The first-order valence-electron chi connectivity index (χ1n) is 8.95. The molecule has 4 rings (SSSR count). The van der Waals surface area contributed by atoms with E-state index in [1.54, 1.807) is 0 Å².